The maximum Gasteiger partial charge on any atom is 0.338 e. The van der Waals surface area contributed by atoms with Crippen LogP contribution < -0.4 is 0 Å². The summed E-state index contributed by atoms with van der Waals surface area (Å²) < 4.78 is 5.80. The average Bonchev–Trinajstić information content (AvgIpc) is 3.23. The van der Waals surface area contributed by atoms with Crippen molar-refractivity contribution in [3.05, 3.63) is 40.2 Å². The van der Waals surface area contributed by atoms with Crippen molar-refractivity contribution in [2.75, 3.05) is 13.1 Å². The number of aromatic nitrogens is 1. The third-order valence-corrected chi connectivity index (χ3v) is 5.83. The molecule has 0 bridgehead atoms. The lowest BCUT2D eigenvalue weighted by Gasteiger charge is -2.34. The molecule has 0 unspecified atom stereocenters. The van der Waals surface area contributed by atoms with E-state index < -0.39 is 0 Å². The molecule has 4 nitrogen and oxygen atoms in total. The molecule has 2 aliphatic rings. The summed E-state index contributed by atoms with van der Waals surface area (Å²) in [4.78, 5) is 19.6. The van der Waals surface area contributed by atoms with Gasteiger partial charge < -0.3 is 9.64 Å². The zero-order chi connectivity index (χ0) is 16.5. The highest BCUT2D eigenvalue weighted by Gasteiger charge is 2.33. The lowest BCUT2D eigenvalue weighted by atomic mass is 10.00. The number of carbonyl (C=O) groups is 1. The van der Waals surface area contributed by atoms with Crippen LogP contribution in [0.1, 0.15) is 41.0 Å². The van der Waals surface area contributed by atoms with Gasteiger partial charge in [-0.25, -0.2) is 9.78 Å². The maximum atomic E-state index is 12.5. The number of carbonyl (C=O) groups excluding carboxylic acids is 1. The predicted octanol–water partition coefficient (Wildman–Crippen LogP) is 3.90. The summed E-state index contributed by atoms with van der Waals surface area (Å²) in [6.45, 7) is 4.25. The number of fused-ring (bicyclic) bond motifs is 1. The second kappa shape index (κ2) is 6.65. The van der Waals surface area contributed by atoms with Gasteiger partial charge in [-0.2, -0.15) is 0 Å². The van der Waals surface area contributed by atoms with Gasteiger partial charge in [-0.1, -0.05) is 12.1 Å². The summed E-state index contributed by atoms with van der Waals surface area (Å²) in [5.41, 5.74) is 2.51. The number of aryl methyl sites for hydroxylation is 1. The van der Waals surface area contributed by atoms with E-state index in [1.165, 1.54) is 19.4 Å². The van der Waals surface area contributed by atoms with E-state index in [0.717, 1.165) is 35.7 Å². The van der Waals surface area contributed by atoms with E-state index in [1.54, 1.807) is 11.3 Å². The quantitative estimate of drug-likeness (QED) is 0.794. The molecule has 2 aliphatic heterocycles. The van der Waals surface area contributed by atoms with Crippen LogP contribution in [-0.4, -0.2) is 41.1 Å². The van der Waals surface area contributed by atoms with E-state index in [0.29, 0.717) is 11.6 Å². The van der Waals surface area contributed by atoms with E-state index >= 15 is 0 Å². The molecule has 2 aromatic rings. The smallest absolute Gasteiger partial charge is 0.338 e. The number of rotatable bonds is 3. The van der Waals surface area contributed by atoms with Crippen molar-refractivity contribution < 1.29 is 9.53 Å². The highest BCUT2D eigenvalue weighted by molar-refractivity contribution is 7.09. The van der Waals surface area contributed by atoms with Crippen molar-refractivity contribution in [1.82, 2.24) is 9.88 Å². The Kier molecular flexibility index (Phi) is 4.37. The minimum atomic E-state index is -0.208. The van der Waals surface area contributed by atoms with Gasteiger partial charge in [0.2, 0.25) is 0 Å². The predicted molar refractivity (Wildman–Crippen MR) is 95.3 cm³/mol. The standard InChI is InChI=1S/C19H22N2O2S/c1-13-20-18(12-24-13)14-4-2-5-15(10-14)19(22)23-17-7-9-21-8-3-6-16(21)11-17/h2,4-5,10,12,16-17H,3,6-9,11H2,1H3/t16-,17-/m0/s1. The highest BCUT2D eigenvalue weighted by atomic mass is 32.1. The van der Waals surface area contributed by atoms with Gasteiger partial charge in [0, 0.05) is 23.5 Å². The Hall–Kier alpha value is -1.72. The number of esters is 1. The third kappa shape index (κ3) is 3.23. The topological polar surface area (TPSA) is 42.4 Å². The van der Waals surface area contributed by atoms with Crippen LogP contribution in [0, 0.1) is 6.92 Å². The average molecular weight is 342 g/mol. The van der Waals surface area contributed by atoms with Gasteiger partial charge in [0.25, 0.3) is 0 Å². The number of hydrogen-bond donors (Lipinski definition) is 0. The molecule has 0 aliphatic carbocycles. The van der Waals surface area contributed by atoms with Gasteiger partial charge in [0.1, 0.15) is 6.10 Å². The van der Waals surface area contributed by atoms with Crippen molar-refractivity contribution in [3.8, 4) is 11.3 Å². The van der Waals surface area contributed by atoms with Crippen molar-refractivity contribution in [2.45, 2.75) is 44.8 Å². The fourth-order valence-corrected chi connectivity index (χ4v) is 4.44. The number of benzene rings is 1. The van der Waals surface area contributed by atoms with Crippen molar-refractivity contribution in [2.24, 2.45) is 0 Å². The van der Waals surface area contributed by atoms with Gasteiger partial charge in [-0.05, 0) is 51.3 Å². The lowest BCUT2D eigenvalue weighted by molar-refractivity contribution is 0.00422. The van der Waals surface area contributed by atoms with Crippen LogP contribution in [0.5, 0.6) is 0 Å². The van der Waals surface area contributed by atoms with Crippen LogP contribution in [0.4, 0.5) is 0 Å². The first kappa shape index (κ1) is 15.8. The number of hydrogen-bond acceptors (Lipinski definition) is 5. The van der Waals surface area contributed by atoms with E-state index in [4.69, 9.17) is 4.74 Å². The number of ether oxygens (including phenoxy) is 1. The second-order valence-electron chi connectivity index (χ2n) is 6.72. The molecule has 0 saturated carbocycles. The van der Waals surface area contributed by atoms with Gasteiger partial charge in [-0.15, -0.1) is 11.3 Å². The number of piperidine rings is 1. The molecular weight excluding hydrogens is 320 g/mol. The number of nitrogens with zero attached hydrogens (tertiary/aromatic N) is 2. The van der Waals surface area contributed by atoms with Crippen molar-refractivity contribution >= 4 is 17.3 Å². The molecule has 0 spiro atoms. The zero-order valence-electron chi connectivity index (χ0n) is 13.9. The Labute approximate surface area is 146 Å². The van der Waals surface area contributed by atoms with Crippen LogP contribution in [0.15, 0.2) is 29.6 Å². The SMILES string of the molecule is Cc1nc(-c2cccc(C(=O)O[C@H]3CCN4CCC[C@H]4C3)c2)cs1. The summed E-state index contributed by atoms with van der Waals surface area (Å²) >= 11 is 1.62. The molecule has 2 fully saturated rings. The Morgan fingerprint density at radius 1 is 1.33 bits per heavy atom. The zero-order valence-corrected chi connectivity index (χ0v) is 14.7. The molecule has 2 saturated heterocycles. The molecule has 0 N–H and O–H groups in total. The minimum absolute atomic E-state index is 0.0574. The second-order valence-corrected chi connectivity index (χ2v) is 7.78. The Morgan fingerprint density at radius 3 is 3.08 bits per heavy atom. The number of thiazole rings is 1. The van der Waals surface area contributed by atoms with E-state index in [1.807, 2.05) is 36.6 Å². The maximum absolute atomic E-state index is 12.5. The molecular formula is C19H22N2O2S. The molecule has 0 radical (unpaired) electrons. The van der Waals surface area contributed by atoms with Crippen molar-refractivity contribution in [3.63, 3.8) is 0 Å². The molecule has 24 heavy (non-hydrogen) atoms. The lowest BCUT2D eigenvalue weighted by Crippen LogP contribution is -2.41. The van der Waals surface area contributed by atoms with Gasteiger partial charge in [0.05, 0.1) is 16.3 Å². The largest absolute Gasteiger partial charge is 0.459 e. The Balaban J connectivity index is 1.44. The summed E-state index contributed by atoms with van der Waals surface area (Å²) in [6, 6.07) is 8.22. The molecule has 126 valence electrons. The van der Waals surface area contributed by atoms with Crippen LogP contribution in [0.3, 0.4) is 0 Å². The van der Waals surface area contributed by atoms with Crippen LogP contribution in [0.25, 0.3) is 11.3 Å². The molecule has 2 atom stereocenters. The molecule has 1 aromatic carbocycles. The van der Waals surface area contributed by atoms with Crippen LogP contribution in [-0.2, 0) is 4.74 Å². The minimum Gasteiger partial charge on any atom is -0.459 e. The summed E-state index contributed by atoms with van der Waals surface area (Å²) in [5, 5.41) is 3.05. The monoisotopic (exact) mass is 342 g/mol. The third-order valence-electron chi connectivity index (χ3n) is 5.06. The first-order chi connectivity index (χ1) is 11.7. The van der Waals surface area contributed by atoms with E-state index in [-0.39, 0.29) is 12.1 Å². The highest BCUT2D eigenvalue weighted by Crippen LogP contribution is 2.29. The molecule has 4 rings (SSSR count). The molecule has 0 amide bonds. The molecule has 5 heteroatoms. The summed E-state index contributed by atoms with van der Waals surface area (Å²) in [5.74, 6) is -0.208. The first-order valence-electron chi connectivity index (χ1n) is 8.66. The summed E-state index contributed by atoms with van der Waals surface area (Å²) in [6.07, 6.45) is 4.51. The Bertz CT molecular complexity index is 742. The van der Waals surface area contributed by atoms with Crippen LogP contribution in [0.2, 0.25) is 0 Å². The first-order valence-corrected chi connectivity index (χ1v) is 9.54. The van der Waals surface area contributed by atoms with E-state index in [9.17, 15) is 4.79 Å². The van der Waals surface area contributed by atoms with Crippen molar-refractivity contribution in [1.29, 1.82) is 0 Å². The van der Waals surface area contributed by atoms with Crippen LogP contribution >= 0.6 is 11.3 Å². The Morgan fingerprint density at radius 2 is 2.25 bits per heavy atom. The van der Waals surface area contributed by atoms with Gasteiger partial charge >= 0.3 is 5.97 Å². The summed E-state index contributed by atoms with van der Waals surface area (Å²) in [7, 11) is 0. The molecule has 3 heterocycles. The van der Waals surface area contributed by atoms with Gasteiger partial charge in [0.15, 0.2) is 0 Å². The fourth-order valence-electron chi connectivity index (χ4n) is 3.82. The van der Waals surface area contributed by atoms with E-state index in [2.05, 4.69) is 9.88 Å². The fraction of sp³-hybridized carbons (Fsp3) is 0.474. The van der Waals surface area contributed by atoms with Gasteiger partial charge in [-0.3, -0.25) is 0 Å². The normalized spacial score (nSPS) is 23.9. The molecule has 1 aromatic heterocycles.